The van der Waals surface area contributed by atoms with E-state index in [0.717, 1.165) is 23.7 Å². The van der Waals surface area contributed by atoms with Crippen LogP contribution < -0.4 is 5.32 Å². The van der Waals surface area contributed by atoms with Crippen molar-refractivity contribution in [3.05, 3.63) is 11.4 Å². The Morgan fingerprint density at radius 2 is 2.36 bits per heavy atom. The van der Waals surface area contributed by atoms with Crippen LogP contribution >= 0.6 is 0 Å². The molecule has 0 aromatic carbocycles. The number of hydrogen-bond acceptors (Lipinski definition) is 3. The summed E-state index contributed by atoms with van der Waals surface area (Å²) in [6, 6.07) is 0. The lowest BCUT2D eigenvalue weighted by molar-refractivity contribution is 0.922. The minimum atomic E-state index is 0.792. The van der Waals surface area contributed by atoms with Crippen molar-refractivity contribution < 1.29 is 0 Å². The topological polar surface area (TPSA) is 36.8 Å². The van der Waals surface area contributed by atoms with E-state index < -0.39 is 0 Å². The first-order chi connectivity index (χ1) is 5.20. The summed E-state index contributed by atoms with van der Waals surface area (Å²) in [5.74, 6) is 0. The molecule has 0 saturated heterocycles. The lowest BCUT2D eigenvalue weighted by atomic mass is 10.3. The molecule has 0 bridgehead atoms. The van der Waals surface area contributed by atoms with Crippen LogP contribution in [0.25, 0.3) is 0 Å². The molecule has 0 aliphatic carbocycles. The highest BCUT2D eigenvalue weighted by molar-refractivity contribution is 5.80. The molecule has 1 aliphatic heterocycles. The van der Waals surface area contributed by atoms with E-state index in [1.807, 2.05) is 20.8 Å². The van der Waals surface area contributed by atoms with Crippen molar-refractivity contribution in [1.82, 2.24) is 5.32 Å². The lowest BCUT2D eigenvalue weighted by Gasteiger charge is -2.09. The molecule has 1 aliphatic rings. The summed E-state index contributed by atoms with van der Waals surface area (Å²) in [6.45, 7) is 6.73. The van der Waals surface area contributed by atoms with E-state index in [0.29, 0.717) is 0 Å². The maximum atomic E-state index is 4.34. The summed E-state index contributed by atoms with van der Waals surface area (Å²) >= 11 is 0. The molecule has 0 amide bonds. The van der Waals surface area contributed by atoms with Crippen molar-refractivity contribution in [2.75, 3.05) is 6.54 Å². The second-order valence-electron chi connectivity index (χ2n) is 2.73. The molecule has 1 rings (SSSR count). The monoisotopic (exact) mass is 151 g/mol. The highest BCUT2D eigenvalue weighted by Crippen LogP contribution is 2.08. The summed E-state index contributed by atoms with van der Waals surface area (Å²) in [4.78, 5) is 8.44. The SMILES string of the molecule is CC(C)=NC1=C(C)N=CNC1. The van der Waals surface area contributed by atoms with E-state index in [1.54, 1.807) is 6.34 Å². The first-order valence-electron chi connectivity index (χ1n) is 3.67. The molecule has 1 heterocycles. The molecule has 0 aromatic rings. The van der Waals surface area contributed by atoms with Crippen LogP contribution in [0.15, 0.2) is 21.4 Å². The standard InChI is InChI=1S/C8H13N3/c1-6(2)11-8-4-9-5-10-7(8)3/h5H,4H2,1-3H3,(H,9,10). The molecule has 0 saturated carbocycles. The molecule has 0 fully saturated rings. The number of allylic oxidation sites excluding steroid dienone is 1. The molecule has 0 aromatic heterocycles. The zero-order chi connectivity index (χ0) is 8.27. The molecule has 3 nitrogen and oxygen atoms in total. The number of aliphatic imine (C=N–C) groups is 2. The van der Waals surface area contributed by atoms with Gasteiger partial charge >= 0.3 is 0 Å². The summed E-state index contributed by atoms with van der Waals surface area (Å²) < 4.78 is 0. The van der Waals surface area contributed by atoms with E-state index >= 15 is 0 Å². The van der Waals surface area contributed by atoms with Crippen molar-refractivity contribution in [2.45, 2.75) is 20.8 Å². The zero-order valence-corrected chi connectivity index (χ0v) is 7.18. The van der Waals surface area contributed by atoms with Gasteiger partial charge in [-0.05, 0) is 20.8 Å². The smallest absolute Gasteiger partial charge is 0.0886 e. The Balaban J connectivity index is 2.84. The third-order valence-corrected chi connectivity index (χ3v) is 1.40. The lowest BCUT2D eigenvalue weighted by Crippen LogP contribution is -2.19. The summed E-state index contributed by atoms with van der Waals surface area (Å²) in [7, 11) is 0. The van der Waals surface area contributed by atoms with E-state index in [1.165, 1.54) is 0 Å². The normalized spacial score (nSPS) is 16.3. The van der Waals surface area contributed by atoms with Crippen LogP contribution in [0.5, 0.6) is 0 Å². The number of nitrogens with one attached hydrogen (secondary N) is 1. The first-order valence-corrected chi connectivity index (χ1v) is 3.67. The number of rotatable bonds is 1. The average Bonchev–Trinajstić information content (AvgIpc) is 1.93. The van der Waals surface area contributed by atoms with Crippen molar-refractivity contribution in [3.8, 4) is 0 Å². The molecular formula is C8H13N3. The Bertz CT molecular complexity index is 232. The predicted octanol–water partition coefficient (Wildman–Crippen LogP) is 1.33. The van der Waals surface area contributed by atoms with Crippen molar-refractivity contribution in [1.29, 1.82) is 0 Å². The van der Waals surface area contributed by atoms with Crippen LogP contribution in [0, 0.1) is 0 Å². The van der Waals surface area contributed by atoms with Gasteiger partial charge < -0.3 is 5.32 Å². The molecule has 60 valence electrons. The van der Waals surface area contributed by atoms with Gasteiger partial charge in [0.15, 0.2) is 0 Å². The van der Waals surface area contributed by atoms with Gasteiger partial charge in [-0.1, -0.05) is 0 Å². The fourth-order valence-electron chi connectivity index (χ4n) is 0.878. The van der Waals surface area contributed by atoms with Crippen LogP contribution in [0.4, 0.5) is 0 Å². The van der Waals surface area contributed by atoms with Crippen LogP contribution in [0.2, 0.25) is 0 Å². The second kappa shape index (κ2) is 3.32. The minimum absolute atomic E-state index is 0.792. The molecule has 0 atom stereocenters. The highest BCUT2D eigenvalue weighted by Gasteiger charge is 2.02. The van der Waals surface area contributed by atoms with Crippen molar-refractivity contribution in [2.24, 2.45) is 9.98 Å². The second-order valence-corrected chi connectivity index (χ2v) is 2.73. The van der Waals surface area contributed by atoms with Crippen LogP contribution in [-0.4, -0.2) is 18.6 Å². The molecule has 11 heavy (non-hydrogen) atoms. The van der Waals surface area contributed by atoms with Crippen LogP contribution in [0.1, 0.15) is 20.8 Å². The number of hydrogen-bond donors (Lipinski definition) is 1. The molecule has 0 unspecified atom stereocenters. The predicted molar refractivity (Wildman–Crippen MR) is 48.0 cm³/mol. The van der Waals surface area contributed by atoms with Gasteiger partial charge in [0.1, 0.15) is 0 Å². The van der Waals surface area contributed by atoms with Gasteiger partial charge in [0, 0.05) is 5.71 Å². The third-order valence-electron chi connectivity index (χ3n) is 1.40. The van der Waals surface area contributed by atoms with E-state index in [4.69, 9.17) is 0 Å². The number of nitrogens with zero attached hydrogens (tertiary/aromatic N) is 2. The molecule has 0 spiro atoms. The molecule has 1 N–H and O–H groups in total. The third kappa shape index (κ3) is 2.18. The molecular weight excluding hydrogens is 138 g/mol. The average molecular weight is 151 g/mol. The van der Waals surface area contributed by atoms with Gasteiger partial charge in [-0.2, -0.15) is 0 Å². The van der Waals surface area contributed by atoms with Crippen molar-refractivity contribution >= 4 is 12.1 Å². The first kappa shape index (κ1) is 7.98. The Labute approximate surface area is 66.9 Å². The Morgan fingerprint density at radius 1 is 1.64 bits per heavy atom. The molecule has 0 radical (unpaired) electrons. The highest BCUT2D eigenvalue weighted by atomic mass is 15.0. The van der Waals surface area contributed by atoms with Crippen LogP contribution in [0.3, 0.4) is 0 Å². The zero-order valence-electron chi connectivity index (χ0n) is 7.18. The van der Waals surface area contributed by atoms with Crippen LogP contribution in [-0.2, 0) is 0 Å². The minimum Gasteiger partial charge on any atom is -0.370 e. The Hall–Kier alpha value is -1.12. The largest absolute Gasteiger partial charge is 0.370 e. The Morgan fingerprint density at radius 3 is 2.91 bits per heavy atom. The van der Waals surface area contributed by atoms with Crippen molar-refractivity contribution in [3.63, 3.8) is 0 Å². The van der Waals surface area contributed by atoms with Gasteiger partial charge in [0.25, 0.3) is 0 Å². The quantitative estimate of drug-likeness (QED) is 0.564. The van der Waals surface area contributed by atoms with Gasteiger partial charge in [-0.3, -0.25) is 4.99 Å². The fourth-order valence-corrected chi connectivity index (χ4v) is 0.878. The van der Waals surface area contributed by atoms with Gasteiger partial charge in [-0.15, -0.1) is 0 Å². The fraction of sp³-hybridized carbons (Fsp3) is 0.500. The van der Waals surface area contributed by atoms with Gasteiger partial charge in [-0.25, -0.2) is 4.99 Å². The molecule has 3 heteroatoms. The maximum Gasteiger partial charge on any atom is 0.0886 e. The summed E-state index contributed by atoms with van der Waals surface area (Å²) in [6.07, 6.45) is 1.71. The summed E-state index contributed by atoms with van der Waals surface area (Å²) in [5, 5.41) is 3.01. The van der Waals surface area contributed by atoms with E-state index in [9.17, 15) is 0 Å². The summed E-state index contributed by atoms with van der Waals surface area (Å²) in [5.41, 5.74) is 3.11. The Kier molecular flexibility index (Phi) is 2.41. The van der Waals surface area contributed by atoms with Gasteiger partial charge in [0.05, 0.1) is 24.3 Å². The van der Waals surface area contributed by atoms with E-state index in [2.05, 4.69) is 15.3 Å². The maximum absolute atomic E-state index is 4.34. The van der Waals surface area contributed by atoms with E-state index in [-0.39, 0.29) is 0 Å². The van der Waals surface area contributed by atoms with Gasteiger partial charge in [0.2, 0.25) is 0 Å².